The average molecular weight is 877 g/mol. The number of hydrogen-bond acceptors (Lipinski definition) is 6. The minimum absolute atomic E-state index is 0.0643. The van der Waals surface area contributed by atoms with E-state index in [2.05, 4.69) is 41.5 Å². The lowest BCUT2D eigenvalue weighted by Gasteiger charge is -2.18. The normalized spacial score (nSPS) is 12.6. The largest absolute Gasteiger partial charge is 0.462 e. The predicted octanol–water partition coefficient (Wildman–Crippen LogP) is 17.9. The zero-order chi connectivity index (χ0) is 45.6. The van der Waals surface area contributed by atoms with Crippen LogP contribution in [0.5, 0.6) is 0 Å². The molecule has 368 valence electrons. The predicted molar refractivity (Wildman–Crippen MR) is 266 cm³/mol. The topological polar surface area (TPSA) is 78.9 Å². The molecule has 0 aliphatic carbocycles. The standard InChI is InChI=1S/C56H108O6/c1-7-52(6)44-38-32-26-20-14-10-8-9-11-15-21-27-33-39-45-54(57)60-48-53(62-56(59)47-41-35-29-23-17-19-25-31-37-43-51(4)5)49-61-55(58)46-40-34-28-22-16-12-13-18-24-30-36-42-50(2)3/h50-53H,7-49H2,1-6H3/t52?,53-/m1/s1. The van der Waals surface area contributed by atoms with Crippen molar-refractivity contribution in [2.75, 3.05) is 13.2 Å². The zero-order valence-electron chi connectivity index (χ0n) is 42.7. The first-order valence-electron chi connectivity index (χ1n) is 27.6. The minimum Gasteiger partial charge on any atom is -0.462 e. The van der Waals surface area contributed by atoms with Gasteiger partial charge in [-0.15, -0.1) is 0 Å². The Morgan fingerprint density at radius 2 is 0.565 bits per heavy atom. The second-order valence-electron chi connectivity index (χ2n) is 20.4. The molecule has 0 amide bonds. The number of rotatable bonds is 49. The maximum Gasteiger partial charge on any atom is 0.306 e. The molecule has 0 aromatic carbocycles. The summed E-state index contributed by atoms with van der Waals surface area (Å²) in [6.07, 6.45) is 48.0. The summed E-state index contributed by atoms with van der Waals surface area (Å²) >= 11 is 0. The van der Waals surface area contributed by atoms with E-state index in [0.717, 1.165) is 75.5 Å². The SMILES string of the molecule is CCC(C)CCCCCCCCCCCCCCCCC(=O)OC[C@H](COC(=O)CCCCCCCCCCCCCC(C)C)OC(=O)CCCCCCCCCCCC(C)C. The molecule has 0 fully saturated rings. The zero-order valence-corrected chi connectivity index (χ0v) is 42.7. The lowest BCUT2D eigenvalue weighted by atomic mass is 9.99. The molecule has 0 N–H and O–H groups in total. The molecular weight excluding hydrogens is 769 g/mol. The van der Waals surface area contributed by atoms with Gasteiger partial charge in [0.1, 0.15) is 13.2 Å². The van der Waals surface area contributed by atoms with Gasteiger partial charge in [0, 0.05) is 19.3 Å². The van der Waals surface area contributed by atoms with Crippen LogP contribution in [0.1, 0.15) is 305 Å². The van der Waals surface area contributed by atoms with Crippen LogP contribution in [0.4, 0.5) is 0 Å². The number of carbonyl (C=O) groups is 3. The van der Waals surface area contributed by atoms with Crippen LogP contribution in [0.3, 0.4) is 0 Å². The molecule has 1 unspecified atom stereocenters. The third-order valence-corrected chi connectivity index (χ3v) is 13.0. The molecule has 0 aliphatic rings. The maximum absolute atomic E-state index is 12.8. The lowest BCUT2D eigenvalue weighted by Crippen LogP contribution is -2.30. The fourth-order valence-corrected chi connectivity index (χ4v) is 8.44. The molecule has 0 aromatic heterocycles. The van der Waals surface area contributed by atoms with Gasteiger partial charge in [-0.3, -0.25) is 14.4 Å². The van der Waals surface area contributed by atoms with Crippen LogP contribution in [0.25, 0.3) is 0 Å². The van der Waals surface area contributed by atoms with E-state index >= 15 is 0 Å². The number of unbranched alkanes of at least 4 members (excludes halogenated alkanes) is 31. The smallest absolute Gasteiger partial charge is 0.306 e. The Balaban J connectivity index is 4.28. The minimum atomic E-state index is -0.763. The first-order chi connectivity index (χ1) is 30.1. The fourth-order valence-electron chi connectivity index (χ4n) is 8.44. The van der Waals surface area contributed by atoms with Crippen molar-refractivity contribution >= 4 is 17.9 Å². The van der Waals surface area contributed by atoms with Gasteiger partial charge in [0.25, 0.3) is 0 Å². The van der Waals surface area contributed by atoms with E-state index in [-0.39, 0.29) is 31.1 Å². The summed E-state index contributed by atoms with van der Waals surface area (Å²) in [4.78, 5) is 38.0. The number of esters is 3. The monoisotopic (exact) mass is 877 g/mol. The summed E-state index contributed by atoms with van der Waals surface area (Å²) in [5, 5.41) is 0. The lowest BCUT2D eigenvalue weighted by molar-refractivity contribution is -0.167. The molecule has 62 heavy (non-hydrogen) atoms. The van der Waals surface area contributed by atoms with Crippen molar-refractivity contribution in [1.29, 1.82) is 0 Å². The Morgan fingerprint density at radius 3 is 0.839 bits per heavy atom. The number of carbonyl (C=O) groups excluding carboxylic acids is 3. The van der Waals surface area contributed by atoms with Crippen molar-refractivity contribution < 1.29 is 28.6 Å². The van der Waals surface area contributed by atoms with E-state index in [1.165, 1.54) is 186 Å². The van der Waals surface area contributed by atoms with E-state index in [9.17, 15) is 14.4 Å². The molecule has 6 nitrogen and oxygen atoms in total. The maximum atomic E-state index is 12.8. The Hall–Kier alpha value is -1.59. The molecule has 0 saturated heterocycles. The van der Waals surface area contributed by atoms with Gasteiger partial charge in [-0.2, -0.15) is 0 Å². The van der Waals surface area contributed by atoms with Crippen molar-refractivity contribution in [2.45, 2.75) is 311 Å². The molecule has 0 aliphatic heterocycles. The van der Waals surface area contributed by atoms with Gasteiger partial charge >= 0.3 is 17.9 Å². The number of ether oxygens (including phenoxy) is 3. The van der Waals surface area contributed by atoms with Crippen molar-refractivity contribution in [2.24, 2.45) is 17.8 Å². The Labute approximate surface area is 387 Å². The quantitative estimate of drug-likeness (QED) is 0.0344. The molecule has 0 radical (unpaired) electrons. The fraction of sp³-hybridized carbons (Fsp3) is 0.946. The van der Waals surface area contributed by atoms with E-state index in [1.807, 2.05) is 0 Å². The molecule has 2 atom stereocenters. The van der Waals surface area contributed by atoms with E-state index < -0.39 is 6.10 Å². The van der Waals surface area contributed by atoms with E-state index in [4.69, 9.17) is 14.2 Å². The van der Waals surface area contributed by atoms with Gasteiger partial charge < -0.3 is 14.2 Å². The van der Waals surface area contributed by atoms with Crippen LogP contribution in [0.2, 0.25) is 0 Å². The van der Waals surface area contributed by atoms with Crippen LogP contribution < -0.4 is 0 Å². The molecule has 0 aromatic rings. The molecule has 0 heterocycles. The summed E-state index contributed by atoms with van der Waals surface area (Å²) in [5.41, 5.74) is 0. The van der Waals surface area contributed by atoms with Crippen molar-refractivity contribution in [1.82, 2.24) is 0 Å². The first kappa shape index (κ1) is 60.4. The molecule has 0 rings (SSSR count). The highest BCUT2D eigenvalue weighted by molar-refractivity contribution is 5.71. The highest BCUT2D eigenvalue weighted by atomic mass is 16.6. The van der Waals surface area contributed by atoms with Gasteiger partial charge in [0.15, 0.2) is 6.10 Å². The second kappa shape index (κ2) is 47.4. The molecule has 0 bridgehead atoms. The summed E-state index contributed by atoms with van der Waals surface area (Å²) in [6, 6.07) is 0. The van der Waals surface area contributed by atoms with Gasteiger partial charge in [0.2, 0.25) is 0 Å². The van der Waals surface area contributed by atoms with Gasteiger partial charge in [-0.1, -0.05) is 266 Å². The third-order valence-electron chi connectivity index (χ3n) is 13.0. The third kappa shape index (κ3) is 47.9. The molecular formula is C56H108O6. The van der Waals surface area contributed by atoms with Crippen LogP contribution in [0, 0.1) is 17.8 Å². The number of hydrogen-bond donors (Lipinski definition) is 0. The summed E-state index contributed by atoms with van der Waals surface area (Å²) in [5.74, 6) is 1.68. The van der Waals surface area contributed by atoms with Gasteiger partial charge in [-0.05, 0) is 37.0 Å². The van der Waals surface area contributed by atoms with E-state index in [0.29, 0.717) is 19.3 Å². The van der Waals surface area contributed by atoms with Crippen molar-refractivity contribution in [3.63, 3.8) is 0 Å². The first-order valence-corrected chi connectivity index (χ1v) is 27.6. The second-order valence-corrected chi connectivity index (χ2v) is 20.4. The Morgan fingerprint density at radius 1 is 0.323 bits per heavy atom. The summed E-state index contributed by atoms with van der Waals surface area (Å²) < 4.78 is 16.9. The molecule has 0 saturated carbocycles. The summed E-state index contributed by atoms with van der Waals surface area (Å²) in [7, 11) is 0. The Bertz CT molecular complexity index is 962. The van der Waals surface area contributed by atoms with Crippen LogP contribution in [-0.2, 0) is 28.6 Å². The van der Waals surface area contributed by atoms with Crippen molar-refractivity contribution in [3.8, 4) is 0 Å². The van der Waals surface area contributed by atoms with Crippen LogP contribution in [0.15, 0.2) is 0 Å². The Kier molecular flexibility index (Phi) is 46.2. The van der Waals surface area contributed by atoms with Gasteiger partial charge in [0.05, 0.1) is 0 Å². The highest BCUT2D eigenvalue weighted by Gasteiger charge is 2.19. The summed E-state index contributed by atoms with van der Waals surface area (Å²) in [6.45, 7) is 13.8. The van der Waals surface area contributed by atoms with Crippen LogP contribution in [-0.4, -0.2) is 37.2 Å². The van der Waals surface area contributed by atoms with Crippen molar-refractivity contribution in [3.05, 3.63) is 0 Å². The molecule has 0 spiro atoms. The van der Waals surface area contributed by atoms with Gasteiger partial charge in [-0.25, -0.2) is 0 Å². The van der Waals surface area contributed by atoms with E-state index in [1.54, 1.807) is 0 Å². The highest BCUT2D eigenvalue weighted by Crippen LogP contribution is 2.18. The molecule has 6 heteroatoms. The average Bonchev–Trinajstić information content (AvgIpc) is 3.24. The van der Waals surface area contributed by atoms with Crippen LogP contribution >= 0.6 is 0 Å².